The number of aromatic amines is 1. The lowest BCUT2D eigenvalue weighted by atomic mass is 10.3. The van der Waals surface area contributed by atoms with Crippen molar-refractivity contribution >= 4 is 5.82 Å². The normalized spacial score (nSPS) is 9.80. The number of rotatable bonds is 3. The monoisotopic (exact) mass is 138 g/mol. The second-order valence-corrected chi connectivity index (χ2v) is 2.46. The van der Waals surface area contributed by atoms with Crippen LogP contribution in [0.25, 0.3) is 0 Å². The molecule has 1 rings (SSSR count). The zero-order chi connectivity index (χ0) is 7.40. The van der Waals surface area contributed by atoms with Crippen molar-refractivity contribution in [1.29, 1.82) is 0 Å². The Labute approximate surface area is 61.7 Å². The fraction of sp³-hybridized carbons (Fsp3) is 0.500. The van der Waals surface area contributed by atoms with E-state index in [9.17, 15) is 0 Å². The Bertz CT molecular complexity index is 191. The number of nitrogens with one attached hydrogen (secondary N) is 2. The quantitative estimate of drug-likeness (QED) is 0.658. The third-order valence-electron chi connectivity index (χ3n) is 1.51. The topological polar surface area (TPSA) is 27.8 Å². The second kappa shape index (κ2) is 3.30. The van der Waals surface area contributed by atoms with Gasteiger partial charge in [-0.15, -0.1) is 0 Å². The minimum atomic E-state index is 1.04. The number of aromatic nitrogens is 1. The molecule has 0 saturated heterocycles. The number of H-pyrrole nitrogens is 1. The van der Waals surface area contributed by atoms with Crippen molar-refractivity contribution in [3.63, 3.8) is 0 Å². The number of anilines is 1. The average Bonchev–Trinajstić information content (AvgIpc) is 2.31. The first-order chi connectivity index (χ1) is 4.84. The average molecular weight is 138 g/mol. The maximum absolute atomic E-state index is 3.29. The van der Waals surface area contributed by atoms with Crippen molar-refractivity contribution < 1.29 is 0 Å². The molecule has 0 aliphatic rings. The van der Waals surface area contributed by atoms with Gasteiger partial charge in [-0.2, -0.15) is 0 Å². The van der Waals surface area contributed by atoms with Crippen LogP contribution in [0.15, 0.2) is 12.3 Å². The van der Waals surface area contributed by atoms with Crippen LogP contribution in [0.3, 0.4) is 0 Å². The van der Waals surface area contributed by atoms with Gasteiger partial charge in [-0.25, -0.2) is 0 Å². The van der Waals surface area contributed by atoms with E-state index in [2.05, 4.69) is 30.2 Å². The summed E-state index contributed by atoms with van der Waals surface area (Å²) in [4.78, 5) is 3.13. The molecule has 0 aliphatic heterocycles. The lowest BCUT2D eigenvalue weighted by Crippen LogP contribution is -2.00. The molecule has 0 fully saturated rings. The molecule has 1 heterocycles. The molecule has 0 radical (unpaired) electrons. The molecule has 1 aromatic rings. The van der Waals surface area contributed by atoms with E-state index >= 15 is 0 Å². The van der Waals surface area contributed by atoms with E-state index in [1.165, 1.54) is 12.0 Å². The molecular formula is C8H14N2. The smallest absolute Gasteiger partial charge is 0.106 e. The van der Waals surface area contributed by atoms with Gasteiger partial charge in [0.25, 0.3) is 0 Å². The number of aryl methyl sites for hydroxylation is 1. The van der Waals surface area contributed by atoms with Gasteiger partial charge in [0, 0.05) is 12.7 Å². The molecule has 0 aromatic carbocycles. The lowest BCUT2D eigenvalue weighted by Gasteiger charge is -2.01. The van der Waals surface area contributed by atoms with E-state index in [4.69, 9.17) is 0 Å². The zero-order valence-corrected chi connectivity index (χ0v) is 6.57. The molecule has 56 valence electrons. The lowest BCUT2D eigenvalue weighted by molar-refractivity contribution is 0.970. The van der Waals surface area contributed by atoms with Gasteiger partial charge in [0.2, 0.25) is 0 Å². The first kappa shape index (κ1) is 7.19. The largest absolute Gasteiger partial charge is 0.371 e. The summed E-state index contributed by atoms with van der Waals surface area (Å²) >= 11 is 0. The van der Waals surface area contributed by atoms with Crippen LogP contribution < -0.4 is 5.32 Å². The summed E-state index contributed by atoms with van der Waals surface area (Å²) in [7, 11) is 0. The molecule has 0 aliphatic carbocycles. The van der Waals surface area contributed by atoms with Gasteiger partial charge < -0.3 is 10.3 Å². The Morgan fingerprint density at radius 2 is 2.40 bits per heavy atom. The van der Waals surface area contributed by atoms with Crippen molar-refractivity contribution in [1.82, 2.24) is 4.98 Å². The van der Waals surface area contributed by atoms with Gasteiger partial charge in [0.15, 0.2) is 0 Å². The van der Waals surface area contributed by atoms with E-state index in [0.29, 0.717) is 0 Å². The molecule has 2 nitrogen and oxygen atoms in total. The van der Waals surface area contributed by atoms with E-state index in [-0.39, 0.29) is 0 Å². The summed E-state index contributed by atoms with van der Waals surface area (Å²) in [6.45, 7) is 5.29. The molecule has 0 amide bonds. The first-order valence-electron chi connectivity index (χ1n) is 3.72. The van der Waals surface area contributed by atoms with Crippen LogP contribution in [0.2, 0.25) is 0 Å². The number of hydrogen-bond acceptors (Lipinski definition) is 1. The van der Waals surface area contributed by atoms with Crippen LogP contribution in [0, 0.1) is 6.92 Å². The van der Waals surface area contributed by atoms with E-state index in [0.717, 1.165) is 12.4 Å². The molecule has 0 unspecified atom stereocenters. The van der Waals surface area contributed by atoms with Gasteiger partial charge in [-0.05, 0) is 25.0 Å². The molecule has 2 N–H and O–H groups in total. The molecule has 10 heavy (non-hydrogen) atoms. The standard InChI is InChI=1S/C8H14N2/c1-3-5-9-8-7(2)4-6-10-8/h4,6,9-10H,3,5H2,1-2H3. The minimum absolute atomic E-state index is 1.04. The Balaban J connectivity index is 2.49. The highest BCUT2D eigenvalue weighted by molar-refractivity contribution is 5.43. The van der Waals surface area contributed by atoms with Gasteiger partial charge in [0.05, 0.1) is 0 Å². The fourth-order valence-electron chi connectivity index (χ4n) is 0.888. The van der Waals surface area contributed by atoms with E-state index < -0.39 is 0 Å². The van der Waals surface area contributed by atoms with Crippen molar-refractivity contribution in [3.05, 3.63) is 17.8 Å². The third kappa shape index (κ3) is 1.53. The van der Waals surface area contributed by atoms with Gasteiger partial charge in [0.1, 0.15) is 5.82 Å². The van der Waals surface area contributed by atoms with E-state index in [1.807, 2.05) is 6.20 Å². The Morgan fingerprint density at radius 3 is 2.90 bits per heavy atom. The number of hydrogen-bond donors (Lipinski definition) is 2. The zero-order valence-electron chi connectivity index (χ0n) is 6.57. The Morgan fingerprint density at radius 1 is 1.60 bits per heavy atom. The summed E-state index contributed by atoms with van der Waals surface area (Å²) < 4.78 is 0. The van der Waals surface area contributed by atoms with Crippen molar-refractivity contribution in [2.75, 3.05) is 11.9 Å². The van der Waals surface area contributed by atoms with Crippen LogP contribution in [0.5, 0.6) is 0 Å². The van der Waals surface area contributed by atoms with Crippen LogP contribution in [0.4, 0.5) is 5.82 Å². The molecule has 1 aromatic heterocycles. The summed E-state index contributed by atoms with van der Waals surface area (Å²) in [6, 6.07) is 2.07. The minimum Gasteiger partial charge on any atom is -0.371 e. The third-order valence-corrected chi connectivity index (χ3v) is 1.51. The second-order valence-electron chi connectivity index (χ2n) is 2.46. The molecule has 0 bridgehead atoms. The van der Waals surface area contributed by atoms with Gasteiger partial charge in [-0.1, -0.05) is 6.92 Å². The van der Waals surface area contributed by atoms with Crippen LogP contribution >= 0.6 is 0 Å². The van der Waals surface area contributed by atoms with Crippen molar-refractivity contribution in [2.24, 2.45) is 0 Å². The van der Waals surface area contributed by atoms with Crippen LogP contribution in [0.1, 0.15) is 18.9 Å². The molecule has 0 saturated carbocycles. The SMILES string of the molecule is CCCNc1[nH]ccc1C. The Kier molecular flexibility index (Phi) is 2.37. The predicted molar refractivity (Wildman–Crippen MR) is 44.3 cm³/mol. The first-order valence-corrected chi connectivity index (χ1v) is 3.72. The molecule has 0 spiro atoms. The maximum Gasteiger partial charge on any atom is 0.106 e. The van der Waals surface area contributed by atoms with Crippen LogP contribution in [-0.2, 0) is 0 Å². The molecular weight excluding hydrogens is 124 g/mol. The van der Waals surface area contributed by atoms with Gasteiger partial charge in [-0.3, -0.25) is 0 Å². The fourth-order valence-corrected chi connectivity index (χ4v) is 0.888. The van der Waals surface area contributed by atoms with Gasteiger partial charge >= 0.3 is 0 Å². The maximum atomic E-state index is 3.29. The summed E-state index contributed by atoms with van der Waals surface area (Å²) in [5.74, 6) is 1.15. The molecule has 2 heteroatoms. The summed E-state index contributed by atoms with van der Waals surface area (Å²) in [6.07, 6.45) is 3.12. The molecule has 0 atom stereocenters. The summed E-state index contributed by atoms with van der Waals surface area (Å²) in [5.41, 5.74) is 1.29. The van der Waals surface area contributed by atoms with Crippen molar-refractivity contribution in [3.8, 4) is 0 Å². The van der Waals surface area contributed by atoms with E-state index in [1.54, 1.807) is 0 Å². The summed E-state index contributed by atoms with van der Waals surface area (Å²) in [5, 5.41) is 3.29. The Hall–Kier alpha value is -0.920. The predicted octanol–water partition coefficient (Wildman–Crippen LogP) is 2.15. The highest BCUT2D eigenvalue weighted by atomic mass is 15.0. The van der Waals surface area contributed by atoms with Crippen LogP contribution in [-0.4, -0.2) is 11.5 Å². The highest BCUT2D eigenvalue weighted by Crippen LogP contribution is 2.09. The highest BCUT2D eigenvalue weighted by Gasteiger charge is 1.94. The van der Waals surface area contributed by atoms with Crippen molar-refractivity contribution in [2.45, 2.75) is 20.3 Å².